The Hall–Kier alpha value is -2.54. The van der Waals surface area contributed by atoms with Crippen LogP contribution in [0, 0.1) is 5.92 Å². The van der Waals surface area contributed by atoms with E-state index >= 15 is 0 Å². The minimum atomic E-state index is -0.302. The fourth-order valence-corrected chi connectivity index (χ4v) is 2.62. The van der Waals surface area contributed by atoms with E-state index in [0.717, 1.165) is 12.0 Å². The van der Waals surface area contributed by atoms with Gasteiger partial charge in [0.05, 0.1) is 20.3 Å². The number of nitrogens with zero attached hydrogens (tertiary/aromatic N) is 1. The zero-order valence-corrected chi connectivity index (χ0v) is 15.7. The van der Waals surface area contributed by atoms with E-state index in [2.05, 4.69) is 24.1 Å². The number of benzene rings is 1. The van der Waals surface area contributed by atoms with Crippen LogP contribution in [0.3, 0.4) is 0 Å². The lowest BCUT2D eigenvalue weighted by Crippen LogP contribution is -2.26. The molecule has 1 atom stereocenters. The molecule has 1 aromatic heterocycles. The molecule has 2 rings (SSSR count). The van der Waals surface area contributed by atoms with E-state index in [0.29, 0.717) is 36.3 Å². The molecule has 1 heterocycles. The summed E-state index contributed by atoms with van der Waals surface area (Å²) >= 11 is 0. The summed E-state index contributed by atoms with van der Waals surface area (Å²) < 4.78 is 15.8. The minimum Gasteiger partial charge on any atom is -0.493 e. The normalized spacial score (nSPS) is 12.1. The SMILES string of the molecule is COc1ccc(CCNC(=O)c2coc(C(N)CC(C)C)n2)cc1OC. The monoisotopic (exact) mass is 361 g/mol. The molecule has 0 bridgehead atoms. The molecule has 1 unspecified atom stereocenters. The smallest absolute Gasteiger partial charge is 0.273 e. The first-order valence-electron chi connectivity index (χ1n) is 8.64. The Morgan fingerprint density at radius 1 is 1.27 bits per heavy atom. The van der Waals surface area contributed by atoms with E-state index in [1.807, 2.05) is 18.2 Å². The summed E-state index contributed by atoms with van der Waals surface area (Å²) in [5, 5.41) is 2.83. The highest BCUT2D eigenvalue weighted by Crippen LogP contribution is 2.27. The Kier molecular flexibility index (Phi) is 7.03. The van der Waals surface area contributed by atoms with Gasteiger partial charge in [0.15, 0.2) is 17.2 Å². The van der Waals surface area contributed by atoms with Crippen molar-refractivity contribution in [1.82, 2.24) is 10.3 Å². The Morgan fingerprint density at radius 2 is 2.00 bits per heavy atom. The number of nitrogens with one attached hydrogen (secondary N) is 1. The average molecular weight is 361 g/mol. The Morgan fingerprint density at radius 3 is 2.65 bits per heavy atom. The molecule has 0 saturated heterocycles. The summed E-state index contributed by atoms with van der Waals surface area (Å²) in [4.78, 5) is 16.4. The molecule has 7 heteroatoms. The number of aromatic nitrogens is 1. The predicted molar refractivity (Wildman–Crippen MR) is 98.5 cm³/mol. The number of rotatable bonds is 9. The first-order valence-corrected chi connectivity index (χ1v) is 8.64. The van der Waals surface area contributed by atoms with Crippen LogP contribution in [0.25, 0.3) is 0 Å². The maximum absolute atomic E-state index is 12.2. The number of ether oxygens (including phenoxy) is 2. The molecule has 26 heavy (non-hydrogen) atoms. The molecule has 0 aliphatic carbocycles. The number of methoxy groups -OCH3 is 2. The number of oxazole rings is 1. The predicted octanol–water partition coefficient (Wildman–Crippen LogP) is 2.71. The highest BCUT2D eigenvalue weighted by Gasteiger charge is 2.17. The van der Waals surface area contributed by atoms with Crippen LogP contribution in [0.5, 0.6) is 11.5 Å². The van der Waals surface area contributed by atoms with Gasteiger partial charge in [0, 0.05) is 6.54 Å². The maximum atomic E-state index is 12.2. The van der Waals surface area contributed by atoms with Gasteiger partial charge in [-0.15, -0.1) is 0 Å². The first kappa shape index (κ1) is 19.8. The molecule has 142 valence electrons. The number of nitrogens with two attached hydrogens (primary N) is 1. The highest BCUT2D eigenvalue weighted by molar-refractivity contribution is 5.91. The lowest BCUT2D eigenvalue weighted by Gasteiger charge is -2.10. The van der Waals surface area contributed by atoms with Crippen molar-refractivity contribution < 1.29 is 18.7 Å². The van der Waals surface area contributed by atoms with Gasteiger partial charge in [-0.05, 0) is 36.5 Å². The van der Waals surface area contributed by atoms with Crippen molar-refractivity contribution in [1.29, 1.82) is 0 Å². The molecule has 1 amide bonds. The molecule has 1 aromatic carbocycles. The van der Waals surface area contributed by atoms with Crippen molar-refractivity contribution in [3.63, 3.8) is 0 Å². The summed E-state index contributed by atoms with van der Waals surface area (Å²) in [5.74, 6) is 1.88. The summed E-state index contributed by atoms with van der Waals surface area (Å²) in [7, 11) is 3.19. The highest BCUT2D eigenvalue weighted by atomic mass is 16.5. The maximum Gasteiger partial charge on any atom is 0.273 e. The Bertz CT molecular complexity index is 727. The largest absolute Gasteiger partial charge is 0.493 e. The number of carbonyl (C=O) groups is 1. The summed E-state index contributed by atoms with van der Waals surface area (Å²) in [6.45, 7) is 4.61. The van der Waals surface area contributed by atoms with E-state index in [1.54, 1.807) is 14.2 Å². The molecule has 0 spiro atoms. The molecule has 0 saturated carbocycles. The zero-order valence-electron chi connectivity index (χ0n) is 15.7. The van der Waals surface area contributed by atoms with Gasteiger partial charge in [0.2, 0.25) is 5.89 Å². The van der Waals surface area contributed by atoms with Crippen LogP contribution in [0.1, 0.15) is 48.3 Å². The standard InChI is InChI=1S/C19H27N3O4/c1-12(2)9-14(20)19-22-15(11-26-19)18(23)21-8-7-13-5-6-16(24-3)17(10-13)25-4/h5-6,10-12,14H,7-9,20H2,1-4H3,(H,21,23). The number of hydrogen-bond donors (Lipinski definition) is 2. The number of hydrogen-bond acceptors (Lipinski definition) is 6. The van der Waals surface area contributed by atoms with Gasteiger partial charge in [-0.2, -0.15) is 0 Å². The summed E-state index contributed by atoms with van der Waals surface area (Å²) in [6, 6.07) is 5.37. The van der Waals surface area contributed by atoms with Crippen LogP contribution in [-0.2, 0) is 6.42 Å². The van der Waals surface area contributed by atoms with Crippen LogP contribution in [0.15, 0.2) is 28.9 Å². The quantitative estimate of drug-likeness (QED) is 0.712. The van der Waals surface area contributed by atoms with Crippen molar-refractivity contribution in [2.24, 2.45) is 11.7 Å². The molecular formula is C19H27N3O4. The Labute approximate surface area is 153 Å². The summed E-state index contributed by atoms with van der Waals surface area (Å²) in [5.41, 5.74) is 7.30. The number of amides is 1. The molecule has 3 N–H and O–H groups in total. The lowest BCUT2D eigenvalue weighted by molar-refractivity contribution is 0.0949. The van der Waals surface area contributed by atoms with Crippen molar-refractivity contribution in [3.05, 3.63) is 41.6 Å². The molecule has 0 aliphatic heterocycles. The van der Waals surface area contributed by atoms with Gasteiger partial charge < -0.3 is 24.9 Å². The van der Waals surface area contributed by atoms with Crippen LogP contribution < -0.4 is 20.5 Å². The molecular weight excluding hydrogens is 334 g/mol. The Balaban J connectivity index is 1.88. The molecule has 0 aliphatic rings. The van der Waals surface area contributed by atoms with Crippen molar-refractivity contribution >= 4 is 5.91 Å². The van der Waals surface area contributed by atoms with E-state index in [9.17, 15) is 4.79 Å². The van der Waals surface area contributed by atoms with Crippen LogP contribution in [0.4, 0.5) is 0 Å². The van der Waals surface area contributed by atoms with Crippen LogP contribution in [-0.4, -0.2) is 31.7 Å². The van der Waals surface area contributed by atoms with E-state index in [1.165, 1.54) is 6.26 Å². The van der Waals surface area contributed by atoms with Crippen LogP contribution in [0.2, 0.25) is 0 Å². The van der Waals surface area contributed by atoms with Gasteiger partial charge in [0.25, 0.3) is 5.91 Å². The molecule has 0 fully saturated rings. The second-order valence-corrected chi connectivity index (χ2v) is 6.50. The lowest BCUT2D eigenvalue weighted by atomic mass is 10.0. The van der Waals surface area contributed by atoms with Gasteiger partial charge >= 0.3 is 0 Å². The fourth-order valence-electron chi connectivity index (χ4n) is 2.62. The van der Waals surface area contributed by atoms with E-state index < -0.39 is 0 Å². The van der Waals surface area contributed by atoms with Crippen molar-refractivity contribution in [3.8, 4) is 11.5 Å². The van der Waals surface area contributed by atoms with Crippen molar-refractivity contribution in [2.45, 2.75) is 32.7 Å². The van der Waals surface area contributed by atoms with Crippen LogP contribution >= 0.6 is 0 Å². The third kappa shape index (κ3) is 5.23. The molecule has 7 nitrogen and oxygen atoms in total. The second-order valence-electron chi connectivity index (χ2n) is 6.50. The number of carbonyl (C=O) groups excluding carboxylic acids is 1. The zero-order chi connectivity index (χ0) is 19.1. The van der Waals surface area contributed by atoms with Gasteiger partial charge in [-0.3, -0.25) is 4.79 Å². The third-order valence-corrected chi connectivity index (χ3v) is 3.94. The molecule has 2 aromatic rings. The van der Waals surface area contributed by atoms with E-state index in [-0.39, 0.29) is 17.6 Å². The fraction of sp³-hybridized carbons (Fsp3) is 0.474. The topological polar surface area (TPSA) is 99.6 Å². The van der Waals surface area contributed by atoms with Gasteiger partial charge in [-0.25, -0.2) is 4.98 Å². The minimum absolute atomic E-state index is 0.242. The third-order valence-electron chi connectivity index (χ3n) is 3.94. The summed E-state index contributed by atoms with van der Waals surface area (Å²) in [6.07, 6.45) is 2.76. The second kappa shape index (κ2) is 9.24. The van der Waals surface area contributed by atoms with E-state index in [4.69, 9.17) is 19.6 Å². The van der Waals surface area contributed by atoms with Gasteiger partial charge in [-0.1, -0.05) is 19.9 Å². The van der Waals surface area contributed by atoms with Gasteiger partial charge in [0.1, 0.15) is 6.26 Å². The molecule has 0 radical (unpaired) electrons. The van der Waals surface area contributed by atoms with Crippen molar-refractivity contribution in [2.75, 3.05) is 20.8 Å². The first-order chi connectivity index (χ1) is 12.4. The average Bonchev–Trinajstić information content (AvgIpc) is 3.11.